The number of nitrogens with one attached hydrogen (secondary N) is 1. The molecule has 0 spiro atoms. The van der Waals surface area contributed by atoms with E-state index in [1.165, 1.54) is 11.6 Å². The average Bonchev–Trinajstić information content (AvgIpc) is 2.39. The van der Waals surface area contributed by atoms with Crippen LogP contribution in [0.2, 0.25) is 0 Å². The van der Waals surface area contributed by atoms with Gasteiger partial charge in [0.15, 0.2) is 0 Å². The van der Waals surface area contributed by atoms with Gasteiger partial charge in [-0.15, -0.1) is 0 Å². The van der Waals surface area contributed by atoms with Crippen LogP contribution in [0.5, 0.6) is 0 Å². The van der Waals surface area contributed by atoms with Crippen LogP contribution in [0.1, 0.15) is 25.0 Å². The topological polar surface area (TPSA) is 12.0 Å². The highest BCUT2D eigenvalue weighted by molar-refractivity contribution is 9.10. The molecule has 0 aliphatic heterocycles. The first-order valence-electron chi connectivity index (χ1n) is 6.81. The minimum atomic E-state index is -0.240. The fourth-order valence-corrected chi connectivity index (χ4v) is 2.43. The zero-order valence-electron chi connectivity index (χ0n) is 11.8. The third-order valence-electron chi connectivity index (χ3n) is 3.08. The number of anilines is 1. The van der Waals surface area contributed by atoms with Crippen LogP contribution in [0.3, 0.4) is 0 Å². The van der Waals surface area contributed by atoms with E-state index in [-0.39, 0.29) is 5.82 Å². The second-order valence-corrected chi connectivity index (χ2v) is 6.31. The summed E-state index contributed by atoms with van der Waals surface area (Å²) in [6, 6.07) is 13.5. The average molecular weight is 336 g/mol. The van der Waals surface area contributed by atoms with Gasteiger partial charge in [-0.3, -0.25) is 0 Å². The summed E-state index contributed by atoms with van der Waals surface area (Å²) in [6.45, 7) is 5.05. The van der Waals surface area contributed by atoms with E-state index >= 15 is 0 Å². The van der Waals surface area contributed by atoms with Crippen molar-refractivity contribution in [2.45, 2.75) is 26.8 Å². The van der Waals surface area contributed by atoms with Crippen molar-refractivity contribution in [1.29, 1.82) is 0 Å². The third-order valence-corrected chi connectivity index (χ3v) is 3.57. The molecule has 0 fully saturated rings. The van der Waals surface area contributed by atoms with Crippen molar-refractivity contribution in [3.8, 4) is 0 Å². The lowest BCUT2D eigenvalue weighted by atomic mass is 10.0. The van der Waals surface area contributed by atoms with Crippen LogP contribution in [0, 0.1) is 11.7 Å². The lowest BCUT2D eigenvalue weighted by Gasteiger charge is -2.09. The van der Waals surface area contributed by atoms with E-state index in [2.05, 4.69) is 59.4 Å². The largest absolute Gasteiger partial charge is 0.379 e. The highest BCUT2D eigenvalue weighted by atomic mass is 79.9. The van der Waals surface area contributed by atoms with E-state index in [0.717, 1.165) is 16.5 Å². The lowest BCUT2D eigenvalue weighted by Crippen LogP contribution is -2.02. The zero-order valence-corrected chi connectivity index (χ0v) is 13.4. The van der Waals surface area contributed by atoms with Gasteiger partial charge >= 0.3 is 0 Å². The molecule has 0 saturated heterocycles. The van der Waals surface area contributed by atoms with Crippen molar-refractivity contribution in [3.63, 3.8) is 0 Å². The summed E-state index contributed by atoms with van der Waals surface area (Å²) in [5.74, 6) is 0.423. The van der Waals surface area contributed by atoms with Gasteiger partial charge in [-0.25, -0.2) is 4.39 Å². The molecule has 0 atom stereocenters. The van der Waals surface area contributed by atoms with Crippen molar-refractivity contribution in [2.75, 3.05) is 5.32 Å². The predicted octanol–water partition coefficient (Wildman–Crippen LogP) is 5.40. The summed E-state index contributed by atoms with van der Waals surface area (Å²) < 4.78 is 14.4. The molecular weight excluding hydrogens is 317 g/mol. The molecule has 0 radical (unpaired) electrons. The number of halogens is 2. The molecule has 3 heteroatoms. The van der Waals surface area contributed by atoms with Gasteiger partial charge in [0, 0.05) is 11.0 Å². The molecule has 0 aromatic heterocycles. The maximum Gasteiger partial charge on any atom is 0.147 e. The molecule has 0 bridgehead atoms. The Morgan fingerprint density at radius 3 is 2.30 bits per heavy atom. The van der Waals surface area contributed by atoms with Crippen LogP contribution >= 0.6 is 15.9 Å². The molecule has 2 aromatic rings. The summed E-state index contributed by atoms with van der Waals surface area (Å²) in [5.41, 5.74) is 3.03. The molecule has 2 aromatic carbocycles. The van der Waals surface area contributed by atoms with Crippen LogP contribution in [0.25, 0.3) is 0 Å². The van der Waals surface area contributed by atoms with Crippen molar-refractivity contribution >= 4 is 21.6 Å². The van der Waals surface area contributed by atoms with Gasteiger partial charge in [-0.2, -0.15) is 0 Å². The zero-order chi connectivity index (χ0) is 14.5. The SMILES string of the molecule is CC(C)Cc1ccc(CNc2ccc(Br)cc2F)cc1. The third kappa shape index (κ3) is 4.34. The van der Waals surface area contributed by atoms with Gasteiger partial charge in [0.1, 0.15) is 5.82 Å². The monoisotopic (exact) mass is 335 g/mol. The Morgan fingerprint density at radius 2 is 1.70 bits per heavy atom. The number of rotatable bonds is 5. The van der Waals surface area contributed by atoms with Crippen LogP contribution in [0.4, 0.5) is 10.1 Å². The molecule has 0 aliphatic rings. The number of hydrogen-bond donors (Lipinski definition) is 1. The van der Waals surface area contributed by atoms with Gasteiger partial charge in [-0.1, -0.05) is 54.0 Å². The second kappa shape index (κ2) is 6.89. The summed E-state index contributed by atoms with van der Waals surface area (Å²) in [4.78, 5) is 0. The van der Waals surface area contributed by atoms with Crippen molar-refractivity contribution in [2.24, 2.45) is 5.92 Å². The first-order valence-corrected chi connectivity index (χ1v) is 7.60. The quantitative estimate of drug-likeness (QED) is 0.771. The lowest BCUT2D eigenvalue weighted by molar-refractivity contribution is 0.629. The number of hydrogen-bond acceptors (Lipinski definition) is 1. The molecule has 106 valence electrons. The summed E-state index contributed by atoms with van der Waals surface area (Å²) in [5, 5.41) is 3.12. The molecular formula is C17H19BrFN. The first kappa shape index (κ1) is 15.0. The normalized spacial score (nSPS) is 10.8. The Balaban J connectivity index is 1.96. The van der Waals surface area contributed by atoms with Gasteiger partial charge in [0.05, 0.1) is 5.69 Å². The van der Waals surface area contributed by atoms with Crippen LogP contribution in [-0.4, -0.2) is 0 Å². The summed E-state index contributed by atoms with van der Waals surface area (Å²) in [7, 11) is 0. The second-order valence-electron chi connectivity index (χ2n) is 5.39. The van der Waals surface area contributed by atoms with E-state index in [1.54, 1.807) is 6.07 Å². The molecule has 0 aliphatic carbocycles. The predicted molar refractivity (Wildman–Crippen MR) is 86.4 cm³/mol. The summed E-state index contributed by atoms with van der Waals surface area (Å²) in [6.07, 6.45) is 1.09. The molecule has 20 heavy (non-hydrogen) atoms. The maximum absolute atomic E-state index is 13.7. The Bertz CT molecular complexity index is 564. The Hall–Kier alpha value is -1.35. The van der Waals surface area contributed by atoms with E-state index in [0.29, 0.717) is 18.2 Å². The Labute approximate surface area is 128 Å². The molecule has 1 N–H and O–H groups in total. The standard InChI is InChI=1S/C17H19BrFN/c1-12(2)9-13-3-5-14(6-4-13)11-20-17-8-7-15(18)10-16(17)19/h3-8,10,12,20H,9,11H2,1-2H3. The molecule has 0 amide bonds. The minimum Gasteiger partial charge on any atom is -0.379 e. The Kier molecular flexibility index (Phi) is 5.18. The Morgan fingerprint density at radius 1 is 1.05 bits per heavy atom. The highest BCUT2D eigenvalue weighted by Crippen LogP contribution is 2.20. The van der Waals surface area contributed by atoms with Crippen LogP contribution in [-0.2, 0) is 13.0 Å². The summed E-state index contributed by atoms with van der Waals surface area (Å²) >= 11 is 3.25. The van der Waals surface area contributed by atoms with Gasteiger partial charge < -0.3 is 5.32 Å². The van der Waals surface area contributed by atoms with Gasteiger partial charge in [0.2, 0.25) is 0 Å². The van der Waals surface area contributed by atoms with Crippen molar-refractivity contribution in [1.82, 2.24) is 0 Å². The minimum absolute atomic E-state index is 0.240. The van der Waals surface area contributed by atoms with E-state index in [9.17, 15) is 4.39 Å². The van der Waals surface area contributed by atoms with E-state index in [1.807, 2.05) is 6.07 Å². The fourth-order valence-electron chi connectivity index (χ4n) is 2.09. The van der Waals surface area contributed by atoms with E-state index < -0.39 is 0 Å². The van der Waals surface area contributed by atoms with E-state index in [4.69, 9.17) is 0 Å². The smallest absolute Gasteiger partial charge is 0.147 e. The highest BCUT2D eigenvalue weighted by Gasteiger charge is 2.03. The van der Waals surface area contributed by atoms with Gasteiger partial charge in [-0.05, 0) is 41.7 Å². The first-order chi connectivity index (χ1) is 9.54. The molecule has 0 heterocycles. The fraction of sp³-hybridized carbons (Fsp3) is 0.294. The number of benzene rings is 2. The van der Waals surface area contributed by atoms with Gasteiger partial charge in [0.25, 0.3) is 0 Å². The molecule has 0 unspecified atom stereocenters. The van der Waals surface area contributed by atoms with Crippen molar-refractivity contribution in [3.05, 3.63) is 63.9 Å². The molecule has 0 saturated carbocycles. The molecule has 2 rings (SSSR count). The molecule has 1 nitrogen and oxygen atoms in total. The maximum atomic E-state index is 13.7. The van der Waals surface area contributed by atoms with Crippen LogP contribution in [0.15, 0.2) is 46.9 Å². The van der Waals surface area contributed by atoms with Crippen LogP contribution < -0.4 is 5.32 Å². The van der Waals surface area contributed by atoms with Crippen molar-refractivity contribution < 1.29 is 4.39 Å².